The van der Waals surface area contributed by atoms with Crippen molar-refractivity contribution in [1.29, 1.82) is 5.26 Å². The number of alkyl halides is 3. The number of hydrogen-bond acceptors (Lipinski definition) is 5. The average molecular weight is 358 g/mol. The fourth-order valence-corrected chi connectivity index (χ4v) is 1.94. The number of nitrogens with zero attached hydrogens (tertiary/aromatic N) is 3. The minimum Gasteiger partial charge on any atom is -0.383 e. The molecule has 1 heterocycles. The molecule has 0 spiro atoms. The van der Waals surface area contributed by atoms with Crippen molar-refractivity contribution in [2.45, 2.75) is 6.18 Å². The zero-order chi connectivity index (χ0) is 15.6. The largest absolute Gasteiger partial charge is 0.416 e. The molecule has 0 aliphatic heterocycles. The minimum atomic E-state index is -4.51. The molecule has 9 heteroatoms. The predicted octanol–water partition coefficient (Wildman–Crippen LogP) is 3.46. The van der Waals surface area contributed by atoms with Crippen LogP contribution in [0.1, 0.15) is 11.1 Å². The van der Waals surface area contributed by atoms with E-state index in [2.05, 4.69) is 31.2 Å². The highest BCUT2D eigenvalue weighted by atomic mass is 79.9. The molecule has 0 aliphatic carbocycles. The molecule has 1 aromatic carbocycles. The third-order valence-corrected chi connectivity index (χ3v) is 2.83. The molecule has 0 atom stereocenters. The molecule has 108 valence electrons. The van der Waals surface area contributed by atoms with Crippen molar-refractivity contribution < 1.29 is 13.2 Å². The Balaban J connectivity index is 2.39. The Kier molecular flexibility index (Phi) is 3.99. The van der Waals surface area contributed by atoms with Crippen LogP contribution in [0.15, 0.2) is 28.9 Å². The summed E-state index contributed by atoms with van der Waals surface area (Å²) in [4.78, 5) is 7.83. The van der Waals surface area contributed by atoms with E-state index in [0.717, 1.165) is 18.2 Å². The third-order valence-electron chi connectivity index (χ3n) is 2.43. The Hall–Kier alpha value is -2.34. The average Bonchev–Trinajstić information content (AvgIpc) is 2.36. The molecule has 0 fully saturated rings. The number of aromatic nitrogens is 2. The van der Waals surface area contributed by atoms with Crippen molar-refractivity contribution >= 4 is 33.4 Å². The normalized spacial score (nSPS) is 11.0. The van der Waals surface area contributed by atoms with Crippen LogP contribution >= 0.6 is 15.9 Å². The lowest BCUT2D eigenvalue weighted by Crippen LogP contribution is -2.07. The summed E-state index contributed by atoms with van der Waals surface area (Å²) in [5.41, 5.74) is 4.61. The van der Waals surface area contributed by atoms with Gasteiger partial charge in [0.2, 0.25) is 5.95 Å². The quantitative estimate of drug-likeness (QED) is 0.803. The van der Waals surface area contributed by atoms with Gasteiger partial charge >= 0.3 is 6.18 Å². The molecular formula is C12H7BrF3N5. The van der Waals surface area contributed by atoms with Gasteiger partial charge in [0.15, 0.2) is 0 Å². The summed E-state index contributed by atoms with van der Waals surface area (Å²) in [5.74, 6) is 0.239. The molecular weight excluding hydrogens is 351 g/mol. The van der Waals surface area contributed by atoms with Gasteiger partial charge in [-0.2, -0.15) is 23.4 Å². The van der Waals surface area contributed by atoms with Crippen molar-refractivity contribution in [2.75, 3.05) is 11.1 Å². The van der Waals surface area contributed by atoms with Gasteiger partial charge in [-0.15, -0.1) is 0 Å². The first-order chi connectivity index (χ1) is 9.79. The van der Waals surface area contributed by atoms with Crippen LogP contribution in [-0.2, 0) is 6.18 Å². The molecule has 1 aromatic heterocycles. The molecule has 0 bridgehead atoms. The second-order valence-electron chi connectivity index (χ2n) is 3.93. The Morgan fingerprint density at radius 2 is 1.95 bits per heavy atom. The van der Waals surface area contributed by atoms with Crippen LogP contribution < -0.4 is 11.1 Å². The van der Waals surface area contributed by atoms with Gasteiger partial charge in [0, 0.05) is 6.07 Å². The Bertz CT molecular complexity index is 704. The highest BCUT2D eigenvalue weighted by Crippen LogP contribution is 2.32. The van der Waals surface area contributed by atoms with Crippen LogP contribution in [0.5, 0.6) is 0 Å². The Labute approximate surface area is 125 Å². The van der Waals surface area contributed by atoms with E-state index in [1.165, 1.54) is 6.07 Å². The molecule has 0 amide bonds. The summed E-state index contributed by atoms with van der Waals surface area (Å²) in [5, 5.41) is 11.6. The first kappa shape index (κ1) is 15.1. The monoisotopic (exact) mass is 357 g/mol. The van der Waals surface area contributed by atoms with Crippen LogP contribution in [0, 0.1) is 11.3 Å². The van der Waals surface area contributed by atoms with E-state index in [0.29, 0.717) is 4.60 Å². The minimum absolute atomic E-state index is 0.0677. The van der Waals surface area contributed by atoms with Gasteiger partial charge in [-0.3, -0.25) is 0 Å². The topological polar surface area (TPSA) is 87.6 Å². The van der Waals surface area contributed by atoms with E-state index in [1.807, 2.05) is 0 Å². The number of anilines is 3. The molecule has 2 aromatic rings. The Morgan fingerprint density at radius 1 is 1.24 bits per heavy atom. The maximum atomic E-state index is 12.6. The SMILES string of the molecule is N#Cc1cc(C(F)(F)F)ccc1Nc1nc(N)cc(Br)n1. The van der Waals surface area contributed by atoms with Crippen molar-refractivity contribution in [3.8, 4) is 6.07 Å². The van der Waals surface area contributed by atoms with Gasteiger partial charge < -0.3 is 11.1 Å². The zero-order valence-corrected chi connectivity index (χ0v) is 11.8. The number of nitrogens with one attached hydrogen (secondary N) is 1. The maximum absolute atomic E-state index is 12.6. The summed E-state index contributed by atoms with van der Waals surface area (Å²) in [6, 6.07) is 5.92. The summed E-state index contributed by atoms with van der Waals surface area (Å²) >= 11 is 3.11. The number of hydrogen-bond donors (Lipinski definition) is 2. The van der Waals surface area contributed by atoms with Crippen molar-refractivity contribution in [3.63, 3.8) is 0 Å². The second kappa shape index (κ2) is 5.57. The number of benzene rings is 1. The fourth-order valence-electron chi connectivity index (χ4n) is 1.53. The summed E-state index contributed by atoms with van der Waals surface area (Å²) in [6.45, 7) is 0. The molecule has 0 unspecified atom stereocenters. The van der Waals surface area contributed by atoms with E-state index in [9.17, 15) is 13.2 Å². The van der Waals surface area contributed by atoms with E-state index < -0.39 is 11.7 Å². The van der Waals surface area contributed by atoms with Crippen molar-refractivity contribution in [3.05, 3.63) is 40.0 Å². The van der Waals surface area contributed by atoms with Gasteiger partial charge in [-0.1, -0.05) is 0 Å². The van der Waals surface area contributed by atoms with Gasteiger partial charge in [-0.05, 0) is 34.1 Å². The van der Waals surface area contributed by atoms with Crippen molar-refractivity contribution in [2.24, 2.45) is 0 Å². The molecule has 3 N–H and O–H groups in total. The number of rotatable bonds is 2. The third kappa shape index (κ3) is 3.61. The lowest BCUT2D eigenvalue weighted by atomic mass is 10.1. The lowest BCUT2D eigenvalue weighted by molar-refractivity contribution is -0.137. The smallest absolute Gasteiger partial charge is 0.383 e. The maximum Gasteiger partial charge on any atom is 0.416 e. The van der Waals surface area contributed by atoms with Crippen LogP contribution in [0.25, 0.3) is 0 Å². The van der Waals surface area contributed by atoms with Crippen LogP contribution in [-0.4, -0.2) is 9.97 Å². The Morgan fingerprint density at radius 3 is 2.52 bits per heavy atom. The molecule has 0 saturated carbocycles. The molecule has 21 heavy (non-hydrogen) atoms. The number of nitrogen functional groups attached to an aromatic ring is 1. The number of nitrogens with two attached hydrogens (primary N) is 1. The molecule has 2 rings (SSSR count). The van der Waals surface area contributed by atoms with Crippen LogP contribution in [0.4, 0.5) is 30.6 Å². The summed E-state index contributed by atoms with van der Waals surface area (Å²) in [6.07, 6.45) is -4.51. The molecule has 5 nitrogen and oxygen atoms in total. The standard InChI is InChI=1S/C12H7BrF3N5/c13-9-4-10(18)21-11(20-9)19-8-2-1-7(12(14,15)16)3-6(8)5-17/h1-4H,(H3,18,19,20,21). The van der Waals surface area contributed by atoms with Gasteiger partial charge in [0.25, 0.3) is 0 Å². The van der Waals surface area contributed by atoms with Crippen LogP contribution in [0.2, 0.25) is 0 Å². The molecule has 0 saturated heterocycles. The number of halogens is 4. The van der Waals surface area contributed by atoms with E-state index in [4.69, 9.17) is 11.0 Å². The first-order valence-electron chi connectivity index (χ1n) is 5.48. The van der Waals surface area contributed by atoms with Gasteiger partial charge in [0.1, 0.15) is 16.5 Å². The fraction of sp³-hybridized carbons (Fsp3) is 0.0833. The lowest BCUT2D eigenvalue weighted by Gasteiger charge is -2.11. The second-order valence-corrected chi connectivity index (χ2v) is 4.75. The summed E-state index contributed by atoms with van der Waals surface area (Å²) in [7, 11) is 0. The number of nitriles is 1. The van der Waals surface area contributed by atoms with E-state index >= 15 is 0 Å². The highest BCUT2D eigenvalue weighted by Gasteiger charge is 2.31. The van der Waals surface area contributed by atoms with E-state index in [-0.39, 0.29) is 23.0 Å². The molecule has 0 aliphatic rings. The summed E-state index contributed by atoms with van der Waals surface area (Å²) < 4.78 is 38.2. The highest BCUT2D eigenvalue weighted by molar-refractivity contribution is 9.10. The van der Waals surface area contributed by atoms with E-state index in [1.54, 1.807) is 6.07 Å². The van der Waals surface area contributed by atoms with Gasteiger partial charge in [0.05, 0.1) is 16.8 Å². The zero-order valence-electron chi connectivity index (χ0n) is 10.2. The van der Waals surface area contributed by atoms with Gasteiger partial charge in [-0.25, -0.2) is 4.98 Å². The van der Waals surface area contributed by atoms with Crippen LogP contribution in [0.3, 0.4) is 0 Å². The molecule has 0 radical (unpaired) electrons. The van der Waals surface area contributed by atoms with Crippen molar-refractivity contribution in [1.82, 2.24) is 9.97 Å². The predicted molar refractivity (Wildman–Crippen MR) is 73.6 cm³/mol. The first-order valence-corrected chi connectivity index (χ1v) is 6.27.